The number of nitrogens with one attached hydrogen (secondary N) is 2. The Hall–Kier alpha value is -3.30. The van der Waals surface area contributed by atoms with E-state index in [0.29, 0.717) is 18.8 Å². The summed E-state index contributed by atoms with van der Waals surface area (Å²) >= 11 is 0. The molecule has 192 valence electrons. The van der Waals surface area contributed by atoms with E-state index < -0.39 is 36.3 Å². The molecule has 10 heteroatoms. The number of carboxylic acid groups (broad SMARTS) is 1. The van der Waals surface area contributed by atoms with Crippen molar-refractivity contribution in [2.75, 3.05) is 28.6 Å². The number of halogens is 4. The number of aliphatic carboxylic acids is 1. The average molecular weight is 498 g/mol. The van der Waals surface area contributed by atoms with Crippen molar-refractivity contribution in [3.05, 3.63) is 53.8 Å². The number of alkyl halides is 3. The molecule has 0 saturated carbocycles. The Bertz CT molecular complexity index is 1020. The van der Waals surface area contributed by atoms with Crippen LogP contribution >= 0.6 is 0 Å². The fourth-order valence-electron chi connectivity index (χ4n) is 3.73. The summed E-state index contributed by atoms with van der Waals surface area (Å²) in [6, 6.07) is 8.49. The first-order valence-corrected chi connectivity index (χ1v) is 11.3. The van der Waals surface area contributed by atoms with Crippen LogP contribution in [-0.4, -0.2) is 36.4 Å². The van der Waals surface area contributed by atoms with Gasteiger partial charge < -0.3 is 20.6 Å². The summed E-state index contributed by atoms with van der Waals surface area (Å²) < 4.78 is 55.0. The monoisotopic (exact) mass is 497 g/mol. The molecule has 2 aromatic carbocycles. The number of carbonyl (C=O) groups excluding carboxylic acids is 1. The zero-order valence-corrected chi connectivity index (χ0v) is 20.1. The van der Waals surface area contributed by atoms with Gasteiger partial charge in [0.05, 0.1) is 29.4 Å². The van der Waals surface area contributed by atoms with E-state index in [4.69, 9.17) is 5.11 Å². The van der Waals surface area contributed by atoms with Crippen LogP contribution in [0.15, 0.2) is 42.5 Å². The lowest BCUT2D eigenvalue weighted by Gasteiger charge is -2.31. The van der Waals surface area contributed by atoms with Crippen LogP contribution in [-0.2, 0) is 4.79 Å². The summed E-state index contributed by atoms with van der Waals surface area (Å²) in [5, 5.41) is 13.9. The van der Waals surface area contributed by atoms with Gasteiger partial charge in [-0.1, -0.05) is 45.9 Å². The van der Waals surface area contributed by atoms with Crippen molar-refractivity contribution in [2.45, 2.75) is 46.2 Å². The van der Waals surface area contributed by atoms with Crippen molar-refractivity contribution < 1.29 is 32.3 Å². The molecule has 0 saturated heterocycles. The molecule has 0 radical (unpaired) electrons. The molecule has 6 nitrogen and oxygen atoms in total. The standard InChI is InChI=1S/C25H31F4N3O3/c1-15(2)13-32(14-16(3)4)22-10-9-17(18(12-23(33)34)25(27,28)29)11-21(22)31-24(35)30-20-8-6-5-7-19(20)26/h5-11,15-16,18H,12-14H2,1-4H3,(H,33,34)(H2,30,31,35). The van der Waals surface area contributed by atoms with Crippen LogP contribution in [0.1, 0.15) is 45.6 Å². The largest absolute Gasteiger partial charge is 0.481 e. The van der Waals surface area contributed by atoms with E-state index in [1.54, 1.807) is 0 Å². The van der Waals surface area contributed by atoms with Gasteiger partial charge in [-0.05, 0) is 41.7 Å². The highest BCUT2D eigenvalue weighted by Crippen LogP contribution is 2.40. The topological polar surface area (TPSA) is 81.7 Å². The molecular weight excluding hydrogens is 466 g/mol. The number of carboxylic acids is 1. The van der Waals surface area contributed by atoms with Gasteiger partial charge in [0, 0.05) is 13.1 Å². The van der Waals surface area contributed by atoms with Crippen LogP contribution < -0.4 is 15.5 Å². The Kier molecular flexibility index (Phi) is 9.50. The Morgan fingerprint density at radius 1 is 0.943 bits per heavy atom. The molecule has 2 rings (SSSR count). The lowest BCUT2D eigenvalue weighted by atomic mass is 9.94. The lowest BCUT2D eigenvalue weighted by molar-refractivity contribution is -0.163. The highest BCUT2D eigenvalue weighted by Gasteiger charge is 2.42. The van der Waals surface area contributed by atoms with Gasteiger partial charge in [-0.3, -0.25) is 4.79 Å². The molecule has 0 aliphatic heterocycles. The molecule has 0 spiro atoms. The third-order valence-electron chi connectivity index (χ3n) is 5.08. The first-order valence-electron chi connectivity index (χ1n) is 11.3. The molecule has 1 atom stereocenters. The Morgan fingerprint density at radius 2 is 1.51 bits per heavy atom. The normalized spacial score (nSPS) is 12.5. The molecule has 2 aromatic rings. The van der Waals surface area contributed by atoms with Crippen LogP contribution in [0, 0.1) is 17.7 Å². The third-order valence-corrected chi connectivity index (χ3v) is 5.08. The quantitative estimate of drug-likeness (QED) is 0.319. The van der Waals surface area contributed by atoms with Crippen LogP contribution in [0.4, 0.5) is 39.4 Å². The zero-order chi connectivity index (χ0) is 26.3. The van der Waals surface area contributed by atoms with Gasteiger partial charge in [-0.2, -0.15) is 13.2 Å². The first kappa shape index (κ1) is 27.9. The van der Waals surface area contributed by atoms with Gasteiger partial charge in [0.1, 0.15) is 5.82 Å². The SMILES string of the molecule is CC(C)CN(CC(C)C)c1ccc(C(CC(=O)O)C(F)(F)F)cc1NC(=O)Nc1ccccc1F. The molecule has 0 aliphatic rings. The molecule has 0 fully saturated rings. The molecule has 1 unspecified atom stereocenters. The number of benzene rings is 2. The number of nitrogens with zero attached hydrogens (tertiary/aromatic N) is 1. The van der Waals surface area contributed by atoms with Gasteiger partial charge in [0.15, 0.2) is 0 Å². The van der Waals surface area contributed by atoms with Crippen molar-refractivity contribution in [1.82, 2.24) is 0 Å². The van der Waals surface area contributed by atoms with Crippen molar-refractivity contribution in [3.63, 3.8) is 0 Å². The van der Waals surface area contributed by atoms with Crippen LogP contribution in [0.3, 0.4) is 0 Å². The smallest absolute Gasteiger partial charge is 0.396 e. The number of hydrogen-bond donors (Lipinski definition) is 3. The second kappa shape index (κ2) is 11.9. The van der Waals surface area contributed by atoms with Gasteiger partial charge in [-0.25, -0.2) is 9.18 Å². The van der Waals surface area contributed by atoms with Crippen molar-refractivity contribution in [1.29, 1.82) is 0 Å². The maximum Gasteiger partial charge on any atom is 0.396 e. The van der Waals surface area contributed by atoms with Crippen molar-refractivity contribution in [3.8, 4) is 0 Å². The highest BCUT2D eigenvalue weighted by molar-refractivity contribution is 6.02. The number of carbonyl (C=O) groups is 2. The maximum absolute atomic E-state index is 14.0. The second-order valence-electron chi connectivity index (χ2n) is 9.22. The minimum absolute atomic E-state index is 0.0669. The number of para-hydroxylation sites is 1. The number of hydrogen-bond acceptors (Lipinski definition) is 3. The Labute approximate surface area is 202 Å². The average Bonchev–Trinajstić information content (AvgIpc) is 2.71. The molecule has 0 aromatic heterocycles. The zero-order valence-electron chi connectivity index (χ0n) is 20.1. The van der Waals surface area contributed by atoms with Gasteiger partial charge in [-0.15, -0.1) is 0 Å². The summed E-state index contributed by atoms with van der Waals surface area (Å²) in [7, 11) is 0. The number of urea groups is 1. The van der Waals surface area contributed by atoms with E-state index in [0.717, 1.165) is 12.1 Å². The van der Waals surface area contributed by atoms with Gasteiger partial charge in [0.25, 0.3) is 0 Å². The van der Waals surface area contributed by atoms with Crippen LogP contribution in [0.25, 0.3) is 0 Å². The van der Waals surface area contributed by atoms with E-state index in [1.165, 1.54) is 30.3 Å². The number of rotatable bonds is 10. The second-order valence-corrected chi connectivity index (χ2v) is 9.22. The van der Waals surface area contributed by atoms with Crippen molar-refractivity contribution >= 4 is 29.1 Å². The van der Waals surface area contributed by atoms with Crippen molar-refractivity contribution in [2.24, 2.45) is 11.8 Å². The van der Waals surface area contributed by atoms with E-state index in [1.807, 2.05) is 32.6 Å². The van der Waals surface area contributed by atoms with E-state index in [9.17, 15) is 27.2 Å². The van der Waals surface area contributed by atoms with E-state index in [-0.39, 0.29) is 28.8 Å². The first-order chi connectivity index (χ1) is 16.3. The predicted octanol–water partition coefficient (Wildman–Crippen LogP) is 6.71. The molecule has 3 N–H and O–H groups in total. The maximum atomic E-state index is 14.0. The van der Waals surface area contributed by atoms with Gasteiger partial charge >= 0.3 is 18.2 Å². The third kappa shape index (κ3) is 8.45. The molecule has 2 amide bonds. The molecule has 0 heterocycles. The Morgan fingerprint density at radius 3 is 2.03 bits per heavy atom. The summed E-state index contributed by atoms with van der Waals surface area (Å²) in [6.45, 7) is 9.11. The molecule has 35 heavy (non-hydrogen) atoms. The Balaban J connectivity index is 2.53. The number of anilines is 3. The summed E-state index contributed by atoms with van der Waals surface area (Å²) in [5.74, 6) is -4.10. The van der Waals surface area contributed by atoms with E-state index >= 15 is 0 Å². The lowest BCUT2D eigenvalue weighted by Crippen LogP contribution is -2.33. The van der Waals surface area contributed by atoms with Gasteiger partial charge in [0.2, 0.25) is 0 Å². The van der Waals surface area contributed by atoms with E-state index in [2.05, 4.69) is 10.6 Å². The summed E-state index contributed by atoms with van der Waals surface area (Å²) in [5.41, 5.74) is 0.162. The highest BCUT2D eigenvalue weighted by atomic mass is 19.4. The number of amides is 2. The summed E-state index contributed by atoms with van der Waals surface area (Å²) in [4.78, 5) is 25.8. The minimum atomic E-state index is -4.80. The van der Waals surface area contributed by atoms with Crippen LogP contribution in [0.2, 0.25) is 0 Å². The fourth-order valence-corrected chi connectivity index (χ4v) is 3.73. The fraction of sp³-hybridized carbons (Fsp3) is 0.440. The van der Waals surface area contributed by atoms with Crippen LogP contribution in [0.5, 0.6) is 0 Å². The minimum Gasteiger partial charge on any atom is -0.481 e. The summed E-state index contributed by atoms with van der Waals surface area (Å²) in [6.07, 6.45) is -5.95. The molecule has 0 aliphatic carbocycles. The molecular formula is C25H31F4N3O3. The molecule has 0 bridgehead atoms. The predicted molar refractivity (Wildman–Crippen MR) is 128 cm³/mol.